The van der Waals surface area contributed by atoms with Gasteiger partial charge in [0.05, 0.1) is 19.2 Å². The summed E-state index contributed by atoms with van der Waals surface area (Å²) in [6.07, 6.45) is 9.10. The van der Waals surface area contributed by atoms with Gasteiger partial charge in [-0.2, -0.15) is 0 Å². The number of hydrogen-bond acceptors (Lipinski definition) is 4. The Balaban J connectivity index is 1.65. The molecule has 2 aliphatic heterocycles. The van der Waals surface area contributed by atoms with Gasteiger partial charge in [-0.3, -0.25) is 9.69 Å². The van der Waals surface area contributed by atoms with Crippen LogP contribution in [0.5, 0.6) is 0 Å². The number of amides is 2. The average Bonchev–Trinajstić information content (AvgIpc) is 3.36. The van der Waals surface area contributed by atoms with Gasteiger partial charge in [0.1, 0.15) is 5.60 Å². The molecule has 0 radical (unpaired) electrons. The Morgan fingerprint density at radius 3 is 2.77 bits per heavy atom. The molecule has 1 aromatic carbocycles. The third kappa shape index (κ3) is 3.25. The molecule has 0 aromatic heterocycles. The van der Waals surface area contributed by atoms with E-state index >= 15 is 0 Å². The molecule has 4 atom stereocenters. The number of allylic oxidation sites excluding steroid dienone is 2. The van der Waals surface area contributed by atoms with Crippen molar-refractivity contribution in [2.45, 2.75) is 43.4 Å². The topological polar surface area (TPSA) is 70.1 Å². The van der Waals surface area contributed by atoms with Gasteiger partial charge >= 0.3 is 6.09 Å². The van der Waals surface area contributed by atoms with E-state index in [2.05, 4.69) is 6.58 Å². The monoisotopic (exact) mass is 408 g/mol. The Kier molecular flexibility index (Phi) is 5.52. The zero-order valence-corrected chi connectivity index (χ0v) is 17.2. The maximum atomic E-state index is 13.7. The summed E-state index contributed by atoms with van der Waals surface area (Å²) in [5.74, 6) is 0.136. The summed E-state index contributed by atoms with van der Waals surface area (Å²) in [6, 6.07) is 8.90. The number of benzene rings is 1. The number of hydrogen-bond donors (Lipinski definition) is 1. The number of ether oxygens (including phenoxy) is 1. The van der Waals surface area contributed by atoms with Gasteiger partial charge in [0.15, 0.2) is 0 Å². The molecule has 0 spiro atoms. The van der Waals surface area contributed by atoms with Crippen LogP contribution in [0, 0.1) is 5.92 Å². The van der Waals surface area contributed by atoms with Gasteiger partial charge in [-0.15, -0.1) is 6.58 Å². The molecule has 1 N–H and O–H groups in total. The van der Waals surface area contributed by atoms with E-state index in [9.17, 15) is 14.7 Å². The molecule has 2 amide bonds. The van der Waals surface area contributed by atoms with E-state index in [1.54, 1.807) is 24.4 Å². The maximum absolute atomic E-state index is 13.7. The summed E-state index contributed by atoms with van der Waals surface area (Å²) in [5, 5.41) is 11.7. The second kappa shape index (κ2) is 8.11. The van der Waals surface area contributed by atoms with E-state index in [1.807, 2.05) is 35.2 Å². The van der Waals surface area contributed by atoms with E-state index in [0.717, 1.165) is 18.4 Å². The Morgan fingerprint density at radius 2 is 2.07 bits per heavy atom. The van der Waals surface area contributed by atoms with Crippen LogP contribution in [0.4, 0.5) is 4.79 Å². The standard InChI is InChI=1S/C24H28N2O4/c1-3-8-20-19(11-7-15-25(20)23(28)30-2)22(27)26-16-13-17-12-14-24(29,21(17)26)18-9-5-4-6-10-18/h3-7,9-11,15,17,20-21,29H,1,8,12-14,16H2,2H3/t17-,20?,21+,24+/m1/s1. The first kappa shape index (κ1) is 20.4. The Hall–Kier alpha value is -2.86. The second-order valence-corrected chi connectivity index (χ2v) is 8.20. The summed E-state index contributed by atoms with van der Waals surface area (Å²) >= 11 is 0. The second-order valence-electron chi connectivity index (χ2n) is 8.20. The van der Waals surface area contributed by atoms with Crippen molar-refractivity contribution in [3.05, 3.63) is 72.5 Å². The highest BCUT2D eigenvalue weighted by atomic mass is 16.5. The lowest BCUT2D eigenvalue weighted by molar-refractivity contribution is -0.134. The van der Waals surface area contributed by atoms with Crippen molar-refractivity contribution in [3.63, 3.8) is 0 Å². The van der Waals surface area contributed by atoms with Gasteiger partial charge < -0.3 is 14.7 Å². The molecule has 158 valence electrons. The maximum Gasteiger partial charge on any atom is 0.414 e. The Morgan fingerprint density at radius 1 is 1.30 bits per heavy atom. The van der Waals surface area contributed by atoms with Crippen LogP contribution < -0.4 is 0 Å². The molecule has 1 aliphatic carbocycles. The van der Waals surface area contributed by atoms with Crippen LogP contribution >= 0.6 is 0 Å². The smallest absolute Gasteiger partial charge is 0.414 e. The first-order valence-electron chi connectivity index (χ1n) is 10.5. The molecule has 2 fully saturated rings. The molecule has 1 unspecified atom stereocenters. The molecule has 2 heterocycles. The van der Waals surface area contributed by atoms with Crippen molar-refractivity contribution >= 4 is 12.0 Å². The van der Waals surface area contributed by atoms with Crippen molar-refractivity contribution in [2.24, 2.45) is 5.92 Å². The van der Waals surface area contributed by atoms with E-state index in [1.165, 1.54) is 12.0 Å². The molecule has 0 bridgehead atoms. The lowest BCUT2D eigenvalue weighted by atomic mass is 9.86. The highest BCUT2D eigenvalue weighted by Gasteiger charge is 2.55. The fraction of sp³-hybridized carbons (Fsp3) is 0.417. The van der Waals surface area contributed by atoms with Crippen LogP contribution in [0.2, 0.25) is 0 Å². The molecule has 6 nitrogen and oxygen atoms in total. The van der Waals surface area contributed by atoms with E-state index < -0.39 is 17.7 Å². The first-order chi connectivity index (χ1) is 14.5. The van der Waals surface area contributed by atoms with Crippen LogP contribution in [0.1, 0.15) is 31.2 Å². The van der Waals surface area contributed by atoms with Crippen molar-refractivity contribution < 1.29 is 19.4 Å². The zero-order chi connectivity index (χ0) is 21.3. The molecule has 3 aliphatic rings. The van der Waals surface area contributed by atoms with E-state index in [-0.39, 0.29) is 17.9 Å². The molecule has 1 saturated heterocycles. The van der Waals surface area contributed by atoms with Crippen LogP contribution in [-0.4, -0.2) is 52.6 Å². The number of likely N-dealkylation sites (tertiary alicyclic amines) is 1. The van der Waals surface area contributed by atoms with Crippen LogP contribution in [0.3, 0.4) is 0 Å². The quantitative estimate of drug-likeness (QED) is 0.776. The summed E-state index contributed by atoms with van der Waals surface area (Å²) in [6.45, 7) is 4.39. The normalized spacial score (nSPS) is 30.1. The highest BCUT2D eigenvalue weighted by Crippen LogP contribution is 2.50. The van der Waals surface area contributed by atoms with Gasteiger partial charge in [-0.05, 0) is 49.3 Å². The first-order valence-corrected chi connectivity index (χ1v) is 10.5. The number of fused-ring (bicyclic) bond motifs is 1. The summed E-state index contributed by atoms with van der Waals surface area (Å²) in [5.41, 5.74) is 0.318. The highest BCUT2D eigenvalue weighted by molar-refractivity contribution is 5.96. The largest absolute Gasteiger partial charge is 0.452 e. The number of rotatable bonds is 4. The van der Waals surface area contributed by atoms with Gasteiger partial charge in [0.25, 0.3) is 5.91 Å². The lowest BCUT2D eigenvalue weighted by Crippen LogP contribution is -2.51. The third-order valence-electron chi connectivity index (χ3n) is 6.68. The van der Waals surface area contributed by atoms with Crippen molar-refractivity contribution in [1.29, 1.82) is 0 Å². The van der Waals surface area contributed by atoms with Crippen molar-refractivity contribution in [3.8, 4) is 0 Å². The van der Waals surface area contributed by atoms with Gasteiger partial charge in [0, 0.05) is 18.3 Å². The fourth-order valence-corrected chi connectivity index (χ4v) is 5.31. The van der Waals surface area contributed by atoms with Crippen LogP contribution in [-0.2, 0) is 15.1 Å². The molecule has 30 heavy (non-hydrogen) atoms. The van der Waals surface area contributed by atoms with Crippen LogP contribution in [0.15, 0.2) is 66.9 Å². The lowest BCUT2D eigenvalue weighted by Gasteiger charge is -2.39. The fourth-order valence-electron chi connectivity index (χ4n) is 5.31. The molecule has 1 aromatic rings. The Labute approximate surface area is 177 Å². The molecule has 6 heteroatoms. The molecule has 4 rings (SSSR count). The van der Waals surface area contributed by atoms with Gasteiger partial charge in [-0.1, -0.05) is 36.4 Å². The number of carbonyl (C=O) groups is 2. The predicted molar refractivity (Wildman–Crippen MR) is 113 cm³/mol. The minimum atomic E-state index is -1.06. The number of nitrogens with zero attached hydrogens (tertiary/aromatic N) is 2. The number of aliphatic hydroxyl groups is 1. The van der Waals surface area contributed by atoms with E-state index in [4.69, 9.17) is 4.74 Å². The van der Waals surface area contributed by atoms with Gasteiger partial charge in [0.2, 0.25) is 0 Å². The number of carbonyl (C=O) groups excluding carboxylic acids is 2. The Bertz CT molecular complexity index is 894. The molecular weight excluding hydrogens is 380 g/mol. The predicted octanol–water partition coefficient (Wildman–Crippen LogP) is 3.35. The minimum Gasteiger partial charge on any atom is -0.452 e. The zero-order valence-electron chi connectivity index (χ0n) is 17.2. The average molecular weight is 408 g/mol. The molecular formula is C24H28N2O4. The van der Waals surface area contributed by atoms with Gasteiger partial charge in [-0.25, -0.2) is 4.79 Å². The third-order valence-corrected chi connectivity index (χ3v) is 6.68. The summed E-state index contributed by atoms with van der Waals surface area (Å²) in [7, 11) is 1.32. The van der Waals surface area contributed by atoms with E-state index in [0.29, 0.717) is 25.0 Å². The van der Waals surface area contributed by atoms with Crippen molar-refractivity contribution in [2.75, 3.05) is 13.7 Å². The SMILES string of the molecule is C=CCC1C(C(=O)N2CC[C@H]3CC[C@](O)(c4ccccc4)[C@H]32)=CC=CN1C(=O)OC. The molecule has 1 saturated carbocycles. The summed E-state index contributed by atoms with van der Waals surface area (Å²) < 4.78 is 4.89. The minimum absolute atomic E-state index is 0.135. The van der Waals surface area contributed by atoms with Crippen LogP contribution in [0.25, 0.3) is 0 Å². The summed E-state index contributed by atoms with van der Waals surface area (Å²) in [4.78, 5) is 29.2. The number of methoxy groups -OCH3 is 1. The van der Waals surface area contributed by atoms with Crippen molar-refractivity contribution in [1.82, 2.24) is 9.80 Å².